The Morgan fingerprint density at radius 3 is 2.41 bits per heavy atom. The molecule has 0 aliphatic rings. The van der Waals surface area contributed by atoms with Crippen LogP contribution < -0.4 is 10.6 Å². The predicted molar refractivity (Wildman–Crippen MR) is 111 cm³/mol. The lowest BCUT2D eigenvalue weighted by Crippen LogP contribution is -2.46. The molecule has 1 aromatic heterocycles. The molecule has 0 saturated carbocycles. The Kier molecular flexibility index (Phi) is 5.94. The van der Waals surface area contributed by atoms with E-state index in [0.29, 0.717) is 21.2 Å². The fraction of sp³-hybridized carbons (Fsp3) is 0.143. The van der Waals surface area contributed by atoms with Crippen molar-refractivity contribution < 1.29 is 9.59 Å². The van der Waals surface area contributed by atoms with Gasteiger partial charge in [0.1, 0.15) is 0 Å². The van der Waals surface area contributed by atoms with Crippen LogP contribution in [0.3, 0.4) is 0 Å². The van der Waals surface area contributed by atoms with Gasteiger partial charge in [0.15, 0.2) is 6.17 Å². The molecular formula is C21H19ClN2O2S. The Hall–Kier alpha value is -2.63. The van der Waals surface area contributed by atoms with Crippen molar-refractivity contribution in [1.29, 1.82) is 0 Å². The standard InChI is InChI=1S/C21H19ClN2O2S/c1-13-8-10-15(11-9-13)19(25)20(24-21(26)18-7-4-12-27-18)23-17-6-3-5-16(22)14(17)2/h3-12,20,23H,1-2H3,(H,24,26)/t20-/m0/s1. The molecule has 0 fully saturated rings. The second-order valence-electron chi connectivity index (χ2n) is 6.17. The van der Waals surface area contributed by atoms with Crippen LogP contribution in [0.15, 0.2) is 60.0 Å². The molecule has 138 valence electrons. The molecule has 0 unspecified atom stereocenters. The van der Waals surface area contributed by atoms with Crippen LogP contribution in [0.4, 0.5) is 5.69 Å². The van der Waals surface area contributed by atoms with Gasteiger partial charge in [0, 0.05) is 16.3 Å². The van der Waals surface area contributed by atoms with Gasteiger partial charge in [-0.3, -0.25) is 9.59 Å². The summed E-state index contributed by atoms with van der Waals surface area (Å²) in [6, 6.07) is 16.2. The molecule has 4 nitrogen and oxygen atoms in total. The number of anilines is 1. The average molecular weight is 399 g/mol. The van der Waals surface area contributed by atoms with Crippen LogP contribution in [0.5, 0.6) is 0 Å². The Morgan fingerprint density at radius 2 is 1.74 bits per heavy atom. The van der Waals surface area contributed by atoms with Gasteiger partial charge in [-0.2, -0.15) is 0 Å². The minimum Gasteiger partial charge on any atom is -0.359 e. The fourth-order valence-electron chi connectivity index (χ4n) is 2.58. The van der Waals surface area contributed by atoms with Gasteiger partial charge in [0.25, 0.3) is 5.91 Å². The van der Waals surface area contributed by atoms with Crippen molar-refractivity contribution in [1.82, 2.24) is 5.32 Å². The number of nitrogens with one attached hydrogen (secondary N) is 2. The fourth-order valence-corrected chi connectivity index (χ4v) is 3.38. The van der Waals surface area contributed by atoms with Crippen molar-refractivity contribution in [2.24, 2.45) is 0 Å². The second-order valence-corrected chi connectivity index (χ2v) is 7.53. The quantitative estimate of drug-likeness (QED) is 0.450. The van der Waals surface area contributed by atoms with E-state index >= 15 is 0 Å². The number of carbonyl (C=O) groups excluding carboxylic acids is 2. The van der Waals surface area contributed by atoms with Crippen LogP contribution in [-0.4, -0.2) is 17.9 Å². The number of carbonyl (C=O) groups is 2. The number of rotatable bonds is 6. The molecule has 0 aliphatic heterocycles. The van der Waals surface area contributed by atoms with Gasteiger partial charge in [-0.05, 0) is 43.0 Å². The largest absolute Gasteiger partial charge is 0.359 e. The Morgan fingerprint density at radius 1 is 1.00 bits per heavy atom. The van der Waals surface area contributed by atoms with E-state index in [1.54, 1.807) is 36.4 Å². The van der Waals surface area contributed by atoms with Gasteiger partial charge >= 0.3 is 0 Å². The van der Waals surface area contributed by atoms with E-state index in [4.69, 9.17) is 11.6 Å². The summed E-state index contributed by atoms with van der Waals surface area (Å²) in [5.74, 6) is -0.526. The molecule has 3 aromatic rings. The lowest BCUT2D eigenvalue weighted by molar-refractivity contribution is 0.0872. The van der Waals surface area contributed by atoms with Gasteiger partial charge in [0.2, 0.25) is 5.78 Å². The van der Waals surface area contributed by atoms with E-state index in [-0.39, 0.29) is 11.7 Å². The summed E-state index contributed by atoms with van der Waals surface area (Å²) in [6.45, 7) is 3.82. The molecule has 27 heavy (non-hydrogen) atoms. The predicted octanol–water partition coefficient (Wildman–Crippen LogP) is 5.07. The summed E-state index contributed by atoms with van der Waals surface area (Å²) in [5, 5.41) is 8.34. The molecule has 0 saturated heterocycles. The molecule has 0 bridgehead atoms. The number of ketones is 1. The van der Waals surface area contributed by atoms with Crippen molar-refractivity contribution in [3.8, 4) is 0 Å². The Bertz CT molecular complexity index is 953. The third-order valence-corrected chi connectivity index (χ3v) is 5.46. The Balaban J connectivity index is 1.90. The highest BCUT2D eigenvalue weighted by molar-refractivity contribution is 7.12. The van der Waals surface area contributed by atoms with Crippen molar-refractivity contribution in [3.63, 3.8) is 0 Å². The molecule has 3 rings (SSSR count). The highest BCUT2D eigenvalue weighted by Crippen LogP contribution is 2.24. The maximum atomic E-state index is 13.1. The number of Topliss-reactive ketones (excluding diaryl/α,β-unsaturated/α-hetero) is 1. The minimum atomic E-state index is -0.917. The zero-order valence-electron chi connectivity index (χ0n) is 15.0. The van der Waals surface area contributed by atoms with Gasteiger partial charge in [-0.15, -0.1) is 11.3 Å². The average Bonchev–Trinajstić information content (AvgIpc) is 3.20. The molecule has 2 N–H and O–H groups in total. The van der Waals surface area contributed by atoms with E-state index in [1.165, 1.54) is 11.3 Å². The van der Waals surface area contributed by atoms with Gasteiger partial charge in [0.05, 0.1) is 4.88 Å². The number of hydrogen-bond acceptors (Lipinski definition) is 4. The van der Waals surface area contributed by atoms with E-state index in [2.05, 4.69) is 10.6 Å². The van der Waals surface area contributed by atoms with Crippen LogP contribution in [0.1, 0.15) is 31.2 Å². The highest BCUT2D eigenvalue weighted by Gasteiger charge is 2.24. The molecule has 6 heteroatoms. The summed E-state index contributed by atoms with van der Waals surface area (Å²) in [7, 11) is 0. The molecule has 2 aromatic carbocycles. The smallest absolute Gasteiger partial charge is 0.263 e. The topological polar surface area (TPSA) is 58.2 Å². The minimum absolute atomic E-state index is 0.223. The van der Waals surface area contributed by atoms with Gasteiger partial charge in [-0.25, -0.2) is 0 Å². The monoisotopic (exact) mass is 398 g/mol. The van der Waals surface area contributed by atoms with Crippen LogP contribution in [0, 0.1) is 13.8 Å². The van der Waals surface area contributed by atoms with Crippen LogP contribution in [0.2, 0.25) is 5.02 Å². The van der Waals surface area contributed by atoms with Crippen molar-refractivity contribution in [2.75, 3.05) is 5.32 Å². The van der Waals surface area contributed by atoms with Crippen molar-refractivity contribution >= 4 is 40.3 Å². The van der Waals surface area contributed by atoms with Gasteiger partial charge in [-0.1, -0.05) is 53.6 Å². The Labute approximate surface area is 167 Å². The third-order valence-electron chi connectivity index (χ3n) is 4.19. The number of benzene rings is 2. The maximum absolute atomic E-state index is 13.1. The second kappa shape index (κ2) is 8.37. The first-order valence-corrected chi connectivity index (χ1v) is 9.68. The number of thiophene rings is 1. The molecule has 1 heterocycles. The number of amides is 1. The van der Waals surface area contributed by atoms with E-state index in [1.807, 2.05) is 37.4 Å². The summed E-state index contributed by atoms with van der Waals surface area (Å²) in [6.07, 6.45) is -0.917. The zero-order valence-corrected chi connectivity index (χ0v) is 16.5. The normalized spacial score (nSPS) is 11.7. The van der Waals surface area contributed by atoms with E-state index in [9.17, 15) is 9.59 Å². The lowest BCUT2D eigenvalue weighted by atomic mass is 10.1. The van der Waals surface area contributed by atoms with Crippen LogP contribution in [-0.2, 0) is 0 Å². The SMILES string of the molecule is Cc1ccc(C(=O)[C@H](NC(=O)c2cccs2)Nc2cccc(Cl)c2C)cc1. The van der Waals surface area contributed by atoms with Crippen LogP contribution in [0.25, 0.3) is 0 Å². The van der Waals surface area contributed by atoms with E-state index < -0.39 is 6.17 Å². The van der Waals surface area contributed by atoms with Crippen molar-refractivity contribution in [3.05, 3.63) is 86.6 Å². The zero-order chi connectivity index (χ0) is 19.4. The first-order chi connectivity index (χ1) is 13.0. The van der Waals surface area contributed by atoms with E-state index in [0.717, 1.165) is 11.1 Å². The maximum Gasteiger partial charge on any atom is 0.263 e. The molecule has 1 amide bonds. The molecule has 1 atom stereocenters. The molecule has 0 spiro atoms. The first kappa shape index (κ1) is 19.1. The summed E-state index contributed by atoms with van der Waals surface area (Å²) in [5.41, 5.74) is 3.08. The first-order valence-electron chi connectivity index (χ1n) is 8.42. The molecule has 0 aliphatic carbocycles. The molecule has 0 radical (unpaired) electrons. The summed E-state index contributed by atoms with van der Waals surface area (Å²) >= 11 is 7.51. The summed E-state index contributed by atoms with van der Waals surface area (Å²) < 4.78 is 0. The lowest BCUT2D eigenvalue weighted by Gasteiger charge is -2.21. The van der Waals surface area contributed by atoms with Crippen LogP contribution >= 0.6 is 22.9 Å². The molecular weight excluding hydrogens is 380 g/mol. The van der Waals surface area contributed by atoms with Gasteiger partial charge < -0.3 is 10.6 Å². The summed E-state index contributed by atoms with van der Waals surface area (Å²) in [4.78, 5) is 26.1. The number of hydrogen-bond donors (Lipinski definition) is 2. The van der Waals surface area contributed by atoms with Crippen molar-refractivity contribution in [2.45, 2.75) is 20.0 Å². The highest BCUT2D eigenvalue weighted by atomic mass is 35.5. The number of aryl methyl sites for hydroxylation is 1. The third kappa shape index (κ3) is 4.56. The number of halogens is 1.